The molecule has 0 fully saturated rings. The van der Waals surface area contributed by atoms with Gasteiger partial charge in [-0.1, -0.05) is 24.3 Å². The number of ether oxygens (including phenoxy) is 3. The molecule has 2 atom stereocenters. The topological polar surface area (TPSA) is 44.8 Å². The molecule has 2 bridgehead atoms. The summed E-state index contributed by atoms with van der Waals surface area (Å²) in [5.74, 6) is 1.72. The van der Waals surface area contributed by atoms with Gasteiger partial charge in [-0.15, -0.1) is 6.58 Å². The minimum absolute atomic E-state index is 0.0619. The second kappa shape index (κ2) is 10.7. The van der Waals surface area contributed by atoms with Gasteiger partial charge in [-0.25, -0.2) is 0 Å². The van der Waals surface area contributed by atoms with Crippen molar-refractivity contribution in [1.29, 1.82) is 0 Å². The van der Waals surface area contributed by atoms with Gasteiger partial charge in [0.2, 0.25) is 0 Å². The van der Waals surface area contributed by atoms with E-state index < -0.39 is 0 Å². The highest BCUT2D eigenvalue weighted by Gasteiger charge is 2.29. The fourth-order valence-electron chi connectivity index (χ4n) is 3.50. The summed E-state index contributed by atoms with van der Waals surface area (Å²) in [7, 11) is 3.33. The largest absolute Gasteiger partial charge is 0.496 e. The predicted molar refractivity (Wildman–Crippen MR) is 108 cm³/mol. The summed E-state index contributed by atoms with van der Waals surface area (Å²) < 4.78 is 15.8. The Morgan fingerprint density at radius 3 is 2.52 bits per heavy atom. The first-order valence-electron chi connectivity index (χ1n) is 9.43. The maximum atomic E-state index is 12.0. The number of benzene rings is 1. The lowest BCUT2D eigenvalue weighted by molar-refractivity contribution is -0.120. The van der Waals surface area contributed by atoms with Gasteiger partial charge in [0, 0.05) is 18.7 Å². The summed E-state index contributed by atoms with van der Waals surface area (Å²) in [6.45, 7) is 7.98. The number of methoxy groups -OCH3 is 2. The zero-order valence-corrected chi connectivity index (χ0v) is 16.4. The molecule has 4 heteroatoms. The second-order valence-electron chi connectivity index (χ2n) is 6.67. The van der Waals surface area contributed by atoms with Gasteiger partial charge < -0.3 is 14.2 Å². The lowest BCUT2D eigenvalue weighted by Gasteiger charge is -2.27. The van der Waals surface area contributed by atoms with E-state index in [1.807, 2.05) is 18.2 Å². The number of carbonyl (C=O) groups is 1. The molecule has 0 radical (unpaired) electrons. The molecule has 1 aliphatic carbocycles. The summed E-state index contributed by atoms with van der Waals surface area (Å²) in [5, 5.41) is 0. The Morgan fingerprint density at radius 1 is 1.30 bits per heavy atom. The Hall–Kier alpha value is -2.33. The Morgan fingerprint density at radius 2 is 2.11 bits per heavy atom. The van der Waals surface area contributed by atoms with E-state index in [-0.39, 0.29) is 17.8 Å². The third kappa shape index (κ3) is 5.57. The molecule has 1 aromatic carbocycles. The maximum absolute atomic E-state index is 12.0. The summed E-state index contributed by atoms with van der Waals surface area (Å²) in [4.78, 5) is 12.0. The van der Waals surface area contributed by atoms with Gasteiger partial charge in [-0.2, -0.15) is 0 Å². The van der Waals surface area contributed by atoms with Crippen molar-refractivity contribution >= 4 is 5.78 Å². The Kier molecular flexibility index (Phi) is 8.34. The average molecular weight is 370 g/mol. The van der Waals surface area contributed by atoms with Crippen LogP contribution in [0, 0.1) is 5.92 Å². The van der Waals surface area contributed by atoms with E-state index in [0.717, 1.165) is 36.3 Å². The highest BCUT2D eigenvalue weighted by atomic mass is 16.5. The van der Waals surface area contributed by atoms with Crippen LogP contribution in [-0.2, 0) is 16.1 Å². The fourth-order valence-corrected chi connectivity index (χ4v) is 3.50. The molecular weight excluding hydrogens is 340 g/mol. The van der Waals surface area contributed by atoms with Crippen molar-refractivity contribution in [3.8, 4) is 11.5 Å². The van der Waals surface area contributed by atoms with Gasteiger partial charge >= 0.3 is 0 Å². The van der Waals surface area contributed by atoms with Crippen molar-refractivity contribution in [2.24, 2.45) is 5.92 Å². The maximum Gasteiger partial charge on any atom is 0.164 e. The number of hydrogen-bond acceptors (Lipinski definition) is 4. The van der Waals surface area contributed by atoms with Crippen LogP contribution >= 0.6 is 0 Å². The van der Waals surface area contributed by atoms with Gasteiger partial charge in [0.05, 0.1) is 19.1 Å². The van der Waals surface area contributed by atoms with Crippen LogP contribution in [0.3, 0.4) is 0 Å². The smallest absolute Gasteiger partial charge is 0.164 e. The molecule has 1 aromatic rings. The van der Waals surface area contributed by atoms with Crippen molar-refractivity contribution in [2.75, 3.05) is 14.2 Å². The van der Waals surface area contributed by atoms with Crippen molar-refractivity contribution in [3.05, 3.63) is 60.7 Å². The number of carbonyl (C=O) groups excluding carboxylic acids is 1. The molecule has 3 aliphatic rings. The zero-order valence-electron chi connectivity index (χ0n) is 16.4. The molecular formula is C23H30O4. The Labute approximate surface area is 162 Å². The zero-order chi connectivity index (χ0) is 19.6. The average Bonchev–Trinajstić information content (AvgIpc) is 2.75. The van der Waals surface area contributed by atoms with E-state index in [9.17, 15) is 4.79 Å². The predicted octanol–water partition coefficient (Wildman–Crippen LogP) is 5.04. The Bertz CT molecular complexity index is 690. The molecule has 4 rings (SSSR count). The summed E-state index contributed by atoms with van der Waals surface area (Å²) in [6, 6.07) is 5.87. The highest BCUT2D eigenvalue weighted by Crippen LogP contribution is 2.31. The molecule has 0 amide bonds. The van der Waals surface area contributed by atoms with E-state index in [0.29, 0.717) is 13.0 Å². The first-order chi connectivity index (χ1) is 13.1. The number of fused-ring (bicyclic) bond motifs is 3. The molecule has 0 saturated carbocycles. The molecule has 4 nitrogen and oxygen atoms in total. The first kappa shape index (κ1) is 21.0. The monoisotopic (exact) mass is 370 g/mol. The second-order valence-corrected chi connectivity index (χ2v) is 6.67. The lowest BCUT2D eigenvalue weighted by atomic mass is 9.82. The SMILES string of the molecule is C=CCC(OC)C(C(=O)C=C)C1=CCCCC1.COc1cc2ccc1CO2. The van der Waals surface area contributed by atoms with Crippen LogP contribution in [0.15, 0.2) is 55.2 Å². The lowest BCUT2D eigenvalue weighted by Crippen LogP contribution is -2.31. The quantitative estimate of drug-likeness (QED) is 0.475. The van der Waals surface area contributed by atoms with Gasteiger partial charge in [0.1, 0.15) is 18.1 Å². The van der Waals surface area contributed by atoms with Gasteiger partial charge in [-0.3, -0.25) is 4.79 Å². The standard InChI is InChI=1S/C15H22O2.C8H8O2/c1-4-9-14(17-3)15(13(16)5-2)12-10-7-6-8-11-12;1-9-8-4-7-3-2-6(8)5-10-7/h4-5,10,14-15H,1-2,6-9,11H2,3H3;2-4H,5H2,1H3. The third-order valence-electron chi connectivity index (χ3n) is 4.96. The van der Waals surface area contributed by atoms with Gasteiger partial charge in [0.25, 0.3) is 0 Å². The number of rotatable bonds is 8. The molecule has 0 aromatic heterocycles. The van der Waals surface area contributed by atoms with Crippen molar-refractivity contribution < 1.29 is 19.0 Å². The minimum Gasteiger partial charge on any atom is -0.496 e. The molecule has 2 heterocycles. The van der Waals surface area contributed by atoms with Crippen LogP contribution < -0.4 is 9.47 Å². The van der Waals surface area contributed by atoms with Crippen LogP contribution in [0.25, 0.3) is 0 Å². The van der Waals surface area contributed by atoms with E-state index in [4.69, 9.17) is 14.2 Å². The normalized spacial score (nSPS) is 16.7. The van der Waals surface area contributed by atoms with Crippen LogP contribution in [0.4, 0.5) is 0 Å². The van der Waals surface area contributed by atoms with Gasteiger partial charge in [-0.05, 0) is 50.3 Å². The first-order valence-corrected chi connectivity index (χ1v) is 9.43. The van der Waals surface area contributed by atoms with Gasteiger partial charge in [0.15, 0.2) is 5.78 Å². The number of allylic oxidation sites excluding steroid dienone is 2. The molecule has 0 saturated heterocycles. The molecule has 27 heavy (non-hydrogen) atoms. The molecule has 146 valence electrons. The van der Waals surface area contributed by atoms with E-state index >= 15 is 0 Å². The summed E-state index contributed by atoms with van der Waals surface area (Å²) in [5.41, 5.74) is 2.34. The number of ketones is 1. The number of hydrogen-bond donors (Lipinski definition) is 0. The minimum atomic E-state index is -0.171. The highest BCUT2D eigenvalue weighted by molar-refractivity contribution is 5.93. The van der Waals surface area contributed by atoms with E-state index in [1.54, 1.807) is 20.3 Å². The van der Waals surface area contributed by atoms with Crippen LogP contribution in [0.2, 0.25) is 0 Å². The van der Waals surface area contributed by atoms with Crippen molar-refractivity contribution in [3.63, 3.8) is 0 Å². The van der Waals surface area contributed by atoms with Crippen LogP contribution in [0.5, 0.6) is 11.5 Å². The van der Waals surface area contributed by atoms with Crippen molar-refractivity contribution in [2.45, 2.75) is 44.8 Å². The Balaban J connectivity index is 0.000000219. The third-order valence-corrected chi connectivity index (χ3v) is 4.96. The van der Waals surface area contributed by atoms with Crippen LogP contribution in [-0.4, -0.2) is 26.1 Å². The van der Waals surface area contributed by atoms with E-state index in [2.05, 4.69) is 19.2 Å². The molecule has 0 N–H and O–H groups in total. The molecule has 0 spiro atoms. The molecule has 2 aliphatic heterocycles. The summed E-state index contributed by atoms with van der Waals surface area (Å²) >= 11 is 0. The summed E-state index contributed by atoms with van der Waals surface area (Å²) in [6.07, 6.45) is 10.5. The fraction of sp³-hybridized carbons (Fsp3) is 0.435. The molecule has 2 unspecified atom stereocenters. The van der Waals surface area contributed by atoms with Crippen molar-refractivity contribution in [1.82, 2.24) is 0 Å². The van der Waals surface area contributed by atoms with E-state index in [1.165, 1.54) is 18.1 Å². The van der Waals surface area contributed by atoms with Crippen LogP contribution in [0.1, 0.15) is 37.7 Å².